The molecule has 0 spiro atoms. The van der Waals surface area contributed by atoms with Crippen LogP contribution < -0.4 is 14.9 Å². The average molecular weight is 741 g/mol. The molecule has 2 aromatic heterocycles. The summed E-state index contributed by atoms with van der Waals surface area (Å²) in [5.74, 6) is -1.39. The van der Waals surface area contributed by atoms with E-state index >= 15 is 0 Å². The van der Waals surface area contributed by atoms with Gasteiger partial charge in [0.05, 0.1) is 45.9 Å². The molecule has 0 N–H and O–H groups in total. The van der Waals surface area contributed by atoms with Gasteiger partial charge in [0.1, 0.15) is 11.6 Å². The van der Waals surface area contributed by atoms with Gasteiger partial charge in [-0.15, -0.1) is 0 Å². The van der Waals surface area contributed by atoms with Gasteiger partial charge in [-0.3, -0.25) is 29.6 Å². The largest absolute Gasteiger partial charge is 0.498 e. The van der Waals surface area contributed by atoms with E-state index in [1.165, 1.54) is 25.1 Å². The molecule has 14 nitrogen and oxygen atoms in total. The Kier molecular flexibility index (Phi) is 14.4. The van der Waals surface area contributed by atoms with Crippen molar-refractivity contribution in [2.45, 2.75) is 53.8 Å². The minimum absolute atomic E-state index is 0. The van der Waals surface area contributed by atoms with Crippen LogP contribution in [0.3, 0.4) is 0 Å². The van der Waals surface area contributed by atoms with Gasteiger partial charge in [-0.2, -0.15) is 10.2 Å². The van der Waals surface area contributed by atoms with Crippen molar-refractivity contribution in [2.75, 3.05) is 14.2 Å². The van der Waals surface area contributed by atoms with E-state index in [0.29, 0.717) is 5.56 Å². The van der Waals surface area contributed by atoms with Crippen LogP contribution in [-0.2, 0) is 23.4 Å². The number of aryl methyl sites for hydroxylation is 2. The zero-order chi connectivity index (χ0) is 34.6. The Labute approximate surface area is 286 Å². The Morgan fingerprint density at radius 3 is 1.69 bits per heavy atom. The van der Waals surface area contributed by atoms with Crippen LogP contribution >= 0.6 is 15.9 Å². The van der Waals surface area contributed by atoms with Crippen LogP contribution in [0.1, 0.15) is 42.5 Å². The Bertz CT molecular complexity index is 1720. The number of ether oxygens (including phenoxy) is 2. The Morgan fingerprint density at radius 2 is 1.27 bits per heavy atom. The summed E-state index contributed by atoms with van der Waals surface area (Å²) in [5.41, 5.74) is 0.446. The van der Waals surface area contributed by atoms with Gasteiger partial charge in [0.2, 0.25) is 0 Å². The summed E-state index contributed by atoms with van der Waals surface area (Å²) in [6.07, 6.45) is 6.72. The van der Waals surface area contributed by atoms with E-state index in [0.717, 1.165) is 29.7 Å². The fraction of sp³-hybridized carbons (Fsp3) is 0.400. The molecule has 1 saturated heterocycles. The van der Waals surface area contributed by atoms with E-state index < -0.39 is 21.5 Å². The van der Waals surface area contributed by atoms with E-state index in [-0.39, 0.29) is 66.1 Å². The number of nitro groups is 2. The summed E-state index contributed by atoms with van der Waals surface area (Å²) in [5, 5.41) is 29.3. The van der Waals surface area contributed by atoms with Crippen LogP contribution in [-0.4, -0.2) is 61.9 Å². The first-order valence-electron chi connectivity index (χ1n) is 13.4. The maximum absolute atomic E-state index is 13.8. The zero-order valence-electron chi connectivity index (χ0n) is 26.3. The third-order valence-corrected chi connectivity index (χ3v) is 7.76. The predicted molar refractivity (Wildman–Crippen MR) is 182 cm³/mol. The smallest absolute Gasteiger partial charge is 0.490 e. The van der Waals surface area contributed by atoms with E-state index in [2.05, 4.69) is 30.9 Å². The second-order valence-corrected chi connectivity index (χ2v) is 11.7. The first kappa shape index (κ1) is 41.6. The molecule has 1 fully saturated rings. The molecule has 0 unspecified atom stereocenters. The minimum Gasteiger partial charge on any atom is -0.490 e. The number of hydrogen-bond acceptors (Lipinski definition) is 10. The van der Waals surface area contributed by atoms with Crippen molar-refractivity contribution in [1.29, 1.82) is 0 Å². The summed E-state index contributed by atoms with van der Waals surface area (Å²) in [6.45, 7) is 8.18. The molecule has 0 bridgehead atoms. The molecule has 0 atom stereocenters. The van der Waals surface area contributed by atoms with E-state index in [4.69, 9.17) is 14.0 Å². The maximum Gasteiger partial charge on any atom is 0.498 e. The van der Waals surface area contributed by atoms with Gasteiger partial charge in [-0.1, -0.05) is 14.9 Å². The maximum atomic E-state index is 13.8. The molecule has 0 aliphatic carbocycles. The predicted octanol–water partition coefficient (Wildman–Crippen LogP) is 6.64. The third-order valence-electron chi connectivity index (χ3n) is 7.15. The highest BCUT2D eigenvalue weighted by molar-refractivity contribution is 9.10. The van der Waals surface area contributed by atoms with Crippen LogP contribution in [0.4, 0.5) is 20.2 Å². The SMILES string of the molecule is C.C.COc1cc(F)c(-c2cnn(C)c2)cc1[N+](=O)[O-].COc1cc(F)c(Br)cc1[N+](=O)[O-].Cn1cc(B2OC(C)(C)C(C)(C)O2)cn1. The standard InChI is InChI=1S/C11H10FN3O3.C10H17BN2O2.C7H5BrFNO3.2CH4/c1-14-6-7(5-13-14)8-3-10(15(16)17)11(18-2)4-9(8)12;1-9(2)10(3,4)15-11(14-9)8-6-12-13(5)7-8;1-13-7-3-5(9)4(8)2-6(7)10(11)12;;/h3-6H,1-2H3;6-7H,1-5H3;2-3H,1H3;2*1H4. The molecule has 2 aromatic carbocycles. The van der Waals surface area contributed by atoms with Crippen molar-refractivity contribution in [3.05, 3.63) is 85.4 Å². The Morgan fingerprint density at radius 1 is 0.812 bits per heavy atom. The van der Waals surface area contributed by atoms with Crippen molar-refractivity contribution in [3.63, 3.8) is 0 Å². The molecule has 48 heavy (non-hydrogen) atoms. The van der Waals surface area contributed by atoms with Crippen molar-refractivity contribution in [3.8, 4) is 22.6 Å². The highest BCUT2D eigenvalue weighted by Gasteiger charge is 2.52. The summed E-state index contributed by atoms with van der Waals surface area (Å²) in [4.78, 5) is 20.0. The molecule has 3 heterocycles. The van der Waals surface area contributed by atoms with Gasteiger partial charge in [0.25, 0.3) is 0 Å². The van der Waals surface area contributed by atoms with Gasteiger partial charge in [-0.05, 0) is 43.6 Å². The molecule has 262 valence electrons. The van der Waals surface area contributed by atoms with E-state index in [1.54, 1.807) is 24.1 Å². The number of hydrogen-bond donors (Lipinski definition) is 0. The Hall–Kier alpha value is -4.42. The number of rotatable bonds is 6. The van der Waals surface area contributed by atoms with Crippen molar-refractivity contribution in [1.82, 2.24) is 19.6 Å². The molecule has 0 amide bonds. The topological polar surface area (TPSA) is 159 Å². The quantitative estimate of drug-likeness (QED) is 0.119. The average Bonchev–Trinajstić information content (AvgIpc) is 3.66. The fourth-order valence-electron chi connectivity index (χ4n) is 4.00. The summed E-state index contributed by atoms with van der Waals surface area (Å²) in [6, 6.07) is 4.17. The molecule has 1 aliphatic heterocycles. The second-order valence-electron chi connectivity index (χ2n) is 10.9. The van der Waals surface area contributed by atoms with Crippen LogP contribution in [0.25, 0.3) is 11.1 Å². The van der Waals surface area contributed by atoms with Crippen LogP contribution in [0.15, 0.2) is 53.5 Å². The zero-order valence-corrected chi connectivity index (χ0v) is 27.9. The number of methoxy groups -OCH3 is 2. The van der Waals surface area contributed by atoms with Gasteiger partial charge in [0, 0.05) is 73.5 Å². The van der Waals surface area contributed by atoms with Crippen molar-refractivity contribution in [2.24, 2.45) is 14.1 Å². The lowest BCUT2D eigenvalue weighted by Crippen LogP contribution is -2.41. The Balaban J connectivity index is 0.000000358. The summed E-state index contributed by atoms with van der Waals surface area (Å²) >= 11 is 2.84. The molecular weight excluding hydrogens is 701 g/mol. The van der Waals surface area contributed by atoms with Crippen LogP contribution in [0.2, 0.25) is 0 Å². The van der Waals surface area contributed by atoms with Gasteiger partial charge >= 0.3 is 18.5 Å². The highest BCUT2D eigenvalue weighted by Crippen LogP contribution is 2.37. The third kappa shape index (κ3) is 9.57. The lowest BCUT2D eigenvalue weighted by molar-refractivity contribution is -0.385. The normalized spacial score (nSPS) is 13.9. The van der Waals surface area contributed by atoms with Crippen molar-refractivity contribution >= 4 is 39.9 Å². The van der Waals surface area contributed by atoms with E-state index in [9.17, 15) is 29.0 Å². The summed E-state index contributed by atoms with van der Waals surface area (Å²) in [7, 11) is 5.76. The number of nitrogens with zero attached hydrogens (tertiary/aromatic N) is 6. The lowest BCUT2D eigenvalue weighted by Gasteiger charge is -2.32. The molecule has 4 aromatic rings. The molecule has 18 heteroatoms. The fourth-order valence-corrected chi connectivity index (χ4v) is 4.33. The molecular formula is C30H40BBrF2N6O8. The minimum atomic E-state index is -0.636. The number of nitro benzene ring substituents is 2. The highest BCUT2D eigenvalue weighted by atomic mass is 79.9. The summed E-state index contributed by atoms with van der Waals surface area (Å²) < 4.78 is 51.2. The first-order valence-corrected chi connectivity index (χ1v) is 14.2. The monoisotopic (exact) mass is 740 g/mol. The van der Waals surface area contributed by atoms with Gasteiger partial charge < -0.3 is 18.8 Å². The lowest BCUT2D eigenvalue weighted by atomic mass is 9.82. The molecule has 1 aliphatic rings. The second kappa shape index (κ2) is 16.6. The molecule has 0 radical (unpaired) electrons. The van der Waals surface area contributed by atoms with Crippen molar-refractivity contribution < 1.29 is 37.4 Å². The number of benzene rings is 2. The van der Waals surface area contributed by atoms with E-state index in [1.807, 2.05) is 40.9 Å². The number of halogens is 3. The van der Waals surface area contributed by atoms with Crippen LogP contribution in [0, 0.1) is 31.9 Å². The first-order chi connectivity index (χ1) is 21.4. The molecule has 0 saturated carbocycles. The molecule has 5 rings (SSSR count). The van der Waals surface area contributed by atoms with Gasteiger partial charge in [0.15, 0.2) is 11.5 Å². The van der Waals surface area contributed by atoms with Gasteiger partial charge in [-0.25, -0.2) is 8.78 Å². The van der Waals surface area contributed by atoms with Crippen LogP contribution in [0.5, 0.6) is 11.5 Å². The number of aromatic nitrogens is 4.